The predicted molar refractivity (Wildman–Crippen MR) is 68.1 cm³/mol. The van der Waals surface area contributed by atoms with E-state index in [0.717, 1.165) is 23.6 Å². The summed E-state index contributed by atoms with van der Waals surface area (Å²) in [6, 6.07) is 3.98. The molecular weight excluding hydrogens is 216 g/mol. The lowest BCUT2D eigenvalue weighted by molar-refractivity contribution is 0.302. The smallest absolute Gasteiger partial charge is 0.137 e. The van der Waals surface area contributed by atoms with Crippen molar-refractivity contribution in [3.05, 3.63) is 30.2 Å². The van der Waals surface area contributed by atoms with Gasteiger partial charge in [0.05, 0.1) is 18.0 Å². The number of fused-ring (bicyclic) bond motifs is 1. The lowest BCUT2D eigenvalue weighted by atomic mass is 10.3. The molecule has 0 unspecified atom stereocenters. The highest BCUT2D eigenvalue weighted by Gasteiger charge is 2.06. The highest BCUT2D eigenvalue weighted by molar-refractivity contribution is 5.52. The van der Waals surface area contributed by atoms with E-state index in [2.05, 4.69) is 16.8 Å². The SMILES string of the molecule is CCN(CCO)c1ccc2nc(CN)cn2c1. The van der Waals surface area contributed by atoms with E-state index in [0.29, 0.717) is 13.1 Å². The molecule has 0 radical (unpaired) electrons. The summed E-state index contributed by atoms with van der Waals surface area (Å²) in [6.07, 6.45) is 3.95. The third-order valence-electron chi connectivity index (χ3n) is 2.81. The standard InChI is InChI=1S/C12H18N4O/c1-2-15(5-6-17)11-3-4-12-14-10(7-13)8-16(12)9-11/h3-4,8-9,17H,2,5-7,13H2,1H3. The fourth-order valence-corrected chi connectivity index (χ4v) is 1.91. The van der Waals surface area contributed by atoms with Crippen molar-refractivity contribution in [1.29, 1.82) is 0 Å². The van der Waals surface area contributed by atoms with Crippen molar-refractivity contribution in [3.63, 3.8) is 0 Å². The van der Waals surface area contributed by atoms with Crippen LogP contribution in [0.1, 0.15) is 12.6 Å². The molecule has 0 aliphatic carbocycles. The Hall–Kier alpha value is -1.59. The number of imidazole rings is 1. The van der Waals surface area contributed by atoms with Crippen LogP contribution in [0.15, 0.2) is 24.5 Å². The molecule has 5 nitrogen and oxygen atoms in total. The third kappa shape index (κ3) is 2.40. The Kier molecular flexibility index (Phi) is 3.61. The summed E-state index contributed by atoms with van der Waals surface area (Å²) in [7, 11) is 0. The molecular formula is C12H18N4O. The molecule has 92 valence electrons. The van der Waals surface area contributed by atoms with Crippen LogP contribution in [0.5, 0.6) is 0 Å². The second-order valence-corrected chi connectivity index (χ2v) is 3.89. The van der Waals surface area contributed by atoms with Crippen LogP contribution >= 0.6 is 0 Å². The number of rotatable bonds is 5. The number of hydrogen-bond acceptors (Lipinski definition) is 4. The quantitative estimate of drug-likeness (QED) is 0.795. The summed E-state index contributed by atoms with van der Waals surface area (Å²) in [6.45, 7) is 4.18. The van der Waals surface area contributed by atoms with Crippen LogP contribution in [0.2, 0.25) is 0 Å². The van der Waals surface area contributed by atoms with Gasteiger partial charge < -0.3 is 20.1 Å². The third-order valence-corrected chi connectivity index (χ3v) is 2.81. The van der Waals surface area contributed by atoms with Gasteiger partial charge in [-0.15, -0.1) is 0 Å². The van der Waals surface area contributed by atoms with Gasteiger partial charge in [-0.1, -0.05) is 0 Å². The lowest BCUT2D eigenvalue weighted by Gasteiger charge is -2.21. The van der Waals surface area contributed by atoms with Crippen molar-refractivity contribution in [2.45, 2.75) is 13.5 Å². The molecule has 0 spiro atoms. The first-order valence-corrected chi connectivity index (χ1v) is 5.82. The lowest BCUT2D eigenvalue weighted by Crippen LogP contribution is -2.26. The van der Waals surface area contributed by atoms with Crippen molar-refractivity contribution in [2.24, 2.45) is 5.73 Å². The summed E-state index contributed by atoms with van der Waals surface area (Å²) in [5.41, 5.74) is 8.42. The molecule has 5 heteroatoms. The van der Waals surface area contributed by atoms with E-state index in [1.807, 2.05) is 28.9 Å². The number of aromatic nitrogens is 2. The van der Waals surface area contributed by atoms with Gasteiger partial charge in [0.15, 0.2) is 0 Å². The van der Waals surface area contributed by atoms with E-state index < -0.39 is 0 Å². The summed E-state index contributed by atoms with van der Waals surface area (Å²) in [4.78, 5) is 6.49. The molecule has 0 bridgehead atoms. The number of aliphatic hydroxyl groups excluding tert-OH is 1. The molecule has 0 aliphatic rings. The maximum atomic E-state index is 9.01. The molecule has 0 atom stereocenters. The molecule has 2 rings (SSSR count). The molecule has 17 heavy (non-hydrogen) atoms. The Bertz CT molecular complexity index is 494. The number of anilines is 1. The second kappa shape index (κ2) is 5.16. The molecule has 0 saturated carbocycles. The van der Waals surface area contributed by atoms with E-state index in [1.54, 1.807) is 0 Å². The van der Waals surface area contributed by atoms with Gasteiger partial charge in [-0.25, -0.2) is 4.98 Å². The van der Waals surface area contributed by atoms with Gasteiger partial charge >= 0.3 is 0 Å². The molecule has 0 aliphatic heterocycles. The Morgan fingerprint density at radius 3 is 2.88 bits per heavy atom. The first-order valence-electron chi connectivity index (χ1n) is 5.82. The zero-order valence-electron chi connectivity index (χ0n) is 10.0. The summed E-state index contributed by atoms with van der Waals surface area (Å²) >= 11 is 0. The number of nitrogens with zero attached hydrogens (tertiary/aromatic N) is 3. The first-order chi connectivity index (χ1) is 8.28. The van der Waals surface area contributed by atoms with Crippen molar-refractivity contribution >= 4 is 11.3 Å². The minimum absolute atomic E-state index is 0.157. The fourth-order valence-electron chi connectivity index (χ4n) is 1.91. The van der Waals surface area contributed by atoms with Crippen molar-refractivity contribution in [3.8, 4) is 0 Å². The number of pyridine rings is 1. The van der Waals surface area contributed by atoms with Crippen molar-refractivity contribution in [2.75, 3.05) is 24.6 Å². The van der Waals surface area contributed by atoms with Gasteiger partial charge in [0.1, 0.15) is 5.65 Å². The zero-order chi connectivity index (χ0) is 12.3. The molecule has 2 aromatic heterocycles. The van der Waals surface area contributed by atoms with Gasteiger partial charge in [-0.2, -0.15) is 0 Å². The van der Waals surface area contributed by atoms with E-state index in [-0.39, 0.29) is 6.61 Å². The van der Waals surface area contributed by atoms with Gasteiger partial charge in [-0.3, -0.25) is 0 Å². The van der Waals surface area contributed by atoms with E-state index >= 15 is 0 Å². The average molecular weight is 234 g/mol. The number of hydrogen-bond donors (Lipinski definition) is 2. The maximum Gasteiger partial charge on any atom is 0.137 e. The highest BCUT2D eigenvalue weighted by atomic mass is 16.3. The van der Waals surface area contributed by atoms with Crippen LogP contribution in [0.3, 0.4) is 0 Å². The monoisotopic (exact) mass is 234 g/mol. The van der Waals surface area contributed by atoms with E-state index in [1.165, 1.54) is 0 Å². The predicted octanol–water partition coefficient (Wildman–Crippen LogP) is 0.612. The zero-order valence-corrected chi connectivity index (χ0v) is 10.0. The largest absolute Gasteiger partial charge is 0.395 e. The summed E-state index contributed by atoms with van der Waals surface area (Å²) in [5, 5.41) is 9.01. The molecule has 0 fully saturated rings. The van der Waals surface area contributed by atoms with E-state index in [9.17, 15) is 0 Å². The fraction of sp³-hybridized carbons (Fsp3) is 0.417. The molecule has 0 aromatic carbocycles. The van der Waals surface area contributed by atoms with Crippen molar-refractivity contribution in [1.82, 2.24) is 9.38 Å². The topological polar surface area (TPSA) is 66.8 Å². The van der Waals surface area contributed by atoms with Crippen LogP contribution in [0, 0.1) is 0 Å². The Labute approximate surface area is 100 Å². The number of nitrogens with two attached hydrogens (primary N) is 1. The van der Waals surface area contributed by atoms with Gasteiger partial charge in [0.25, 0.3) is 0 Å². The highest BCUT2D eigenvalue weighted by Crippen LogP contribution is 2.15. The summed E-state index contributed by atoms with van der Waals surface area (Å²) in [5.74, 6) is 0. The Morgan fingerprint density at radius 1 is 1.41 bits per heavy atom. The number of likely N-dealkylation sites (N-methyl/N-ethyl adjacent to an activating group) is 1. The molecule has 0 amide bonds. The molecule has 2 aromatic rings. The minimum Gasteiger partial charge on any atom is -0.395 e. The van der Waals surface area contributed by atoms with Crippen LogP contribution in [-0.2, 0) is 6.54 Å². The van der Waals surface area contributed by atoms with E-state index in [4.69, 9.17) is 10.8 Å². The summed E-state index contributed by atoms with van der Waals surface area (Å²) < 4.78 is 1.97. The van der Waals surface area contributed by atoms with Crippen LogP contribution in [-0.4, -0.2) is 34.2 Å². The van der Waals surface area contributed by atoms with Crippen LogP contribution in [0.25, 0.3) is 5.65 Å². The first kappa shape index (κ1) is 11.9. The maximum absolute atomic E-state index is 9.01. The minimum atomic E-state index is 0.157. The Morgan fingerprint density at radius 2 is 2.24 bits per heavy atom. The van der Waals surface area contributed by atoms with Crippen LogP contribution in [0.4, 0.5) is 5.69 Å². The van der Waals surface area contributed by atoms with Crippen LogP contribution < -0.4 is 10.6 Å². The molecule has 2 heterocycles. The van der Waals surface area contributed by atoms with Gasteiger partial charge in [0, 0.05) is 32.0 Å². The van der Waals surface area contributed by atoms with Gasteiger partial charge in [0.2, 0.25) is 0 Å². The molecule has 0 saturated heterocycles. The second-order valence-electron chi connectivity index (χ2n) is 3.89. The Balaban J connectivity index is 2.35. The average Bonchev–Trinajstić information content (AvgIpc) is 2.77. The normalized spacial score (nSPS) is 11.0. The number of aliphatic hydroxyl groups is 1. The molecule has 3 N–H and O–H groups in total. The van der Waals surface area contributed by atoms with Crippen molar-refractivity contribution < 1.29 is 5.11 Å². The van der Waals surface area contributed by atoms with Gasteiger partial charge in [-0.05, 0) is 19.1 Å².